The molecule has 0 aliphatic rings. The van der Waals surface area contributed by atoms with Gasteiger partial charge in [0.25, 0.3) is 0 Å². The molecule has 0 bridgehead atoms. The molecule has 100 valence electrons. The summed E-state index contributed by atoms with van der Waals surface area (Å²) in [4.78, 5) is 0. The lowest BCUT2D eigenvalue weighted by Gasteiger charge is -2.12. The van der Waals surface area contributed by atoms with Crippen molar-refractivity contribution in [3.8, 4) is 0 Å². The van der Waals surface area contributed by atoms with Crippen LogP contribution in [0.4, 0.5) is 8.78 Å². The summed E-state index contributed by atoms with van der Waals surface area (Å²) in [6.45, 7) is 1.99. The summed E-state index contributed by atoms with van der Waals surface area (Å²) in [5, 5.41) is -0.351. The van der Waals surface area contributed by atoms with Crippen molar-refractivity contribution < 1.29 is 8.78 Å². The summed E-state index contributed by atoms with van der Waals surface area (Å²) >= 11 is 12.1. The van der Waals surface area contributed by atoms with E-state index in [9.17, 15) is 8.78 Å². The Balaban J connectivity index is 2.22. The molecule has 0 nitrogen and oxygen atoms in total. The van der Waals surface area contributed by atoms with Crippen LogP contribution in [0.15, 0.2) is 36.4 Å². The standard InChI is InChI=1S/C15H12Cl2F2/c1-9-2-4-10(5-3-9)6-12(16)11-7-14(18)15(19)8-13(11)17/h2-5,7-8,12H,6H2,1H3. The highest BCUT2D eigenvalue weighted by Crippen LogP contribution is 2.32. The number of hydrogen-bond acceptors (Lipinski definition) is 0. The Kier molecular flexibility index (Phi) is 4.43. The van der Waals surface area contributed by atoms with E-state index in [1.165, 1.54) is 0 Å². The third kappa shape index (κ3) is 3.46. The molecule has 0 radical (unpaired) electrons. The number of hydrogen-bond donors (Lipinski definition) is 0. The summed E-state index contributed by atoms with van der Waals surface area (Å²) in [6, 6.07) is 9.88. The van der Waals surface area contributed by atoms with E-state index in [0.29, 0.717) is 12.0 Å². The van der Waals surface area contributed by atoms with Gasteiger partial charge < -0.3 is 0 Å². The zero-order chi connectivity index (χ0) is 14.0. The Morgan fingerprint density at radius 1 is 1.05 bits per heavy atom. The largest absolute Gasteiger partial charge is 0.204 e. The van der Waals surface area contributed by atoms with Gasteiger partial charge in [0.2, 0.25) is 0 Å². The molecule has 0 aromatic heterocycles. The third-order valence-corrected chi connectivity index (χ3v) is 3.63. The molecule has 2 aromatic rings. The minimum atomic E-state index is -0.965. The van der Waals surface area contributed by atoms with Gasteiger partial charge in [-0.15, -0.1) is 11.6 Å². The predicted octanol–water partition coefficient (Wildman–Crippen LogP) is 5.45. The van der Waals surface area contributed by atoms with Crippen LogP contribution in [0.5, 0.6) is 0 Å². The lowest BCUT2D eigenvalue weighted by Crippen LogP contribution is -1.99. The first-order valence-electron chi connectivity index (χ1n) is 5.81. The molecule has 0 saturated carbocycles. The molecule has 19 heavy (non-hydrogen) atoms. The van der Waals surface area contributed by atoms with Crippen LogP contribution in [-0.4, -0.2) is 0 Å². The maximum absolute atomic E-state index is 13.2. The van der Waals surface area contributed by atoms with Gasteiger partial charge in [0.1, 0.15) is 0 Å². The highest BCUT2D eigenvalue weighted by atomic mass is 35.5. The Morgan fingerprint density at radius 3 is 2.26 bits per heavy atom. The fourth-order valence-electron chi connectivity index (χ4n) is 1.82. The van der Waals surface area contributed by atoms with Gasteiger partial charge >= 0.3 is 0 Å². The number of rotatable bonds is 3. The van der Waals surface area contributed by atoms with Gasteiger partial charge in [0.15, 0.2) is 11.6 Å². The van der Waals surface area contributed by atoms with E-state index in [1.807, 2.05) is 31.2 Å². The fourth-order valence-corrected chi connectivity index (χ4v) is 2.52. The molecule has 0 fully saturated rings. The van der Waals surface area contributed by atoms with Crippen molar-refractivity contribution in [2.24, 2.45) is 0 Å². The summed E-state index contributed by atoms with van der Waals surface area (Å²) in [5.41, 5.74) is 2.58. The third-order valence-electron chi connectivity index (χ3n) is 2.91. The van der Waals surface area contributed by atoms with Crippen LogP contribution in [0.2, 0.25) is 5.02 Å². The zero-order valence-corrected chi connectivity index (χ0v) is 11.8. The highest BCUT2D eigenvalue weighted by molar-refractivity contribution is 6.32. The molecular formula is C15H12Cl2F2. The number of benzene rings is 2. The van der Waals surface area contributed by atoms with Crippen molar-refractivity contribution in [2.45, 2.75) is 18.7 Å². The topological polar surface area (TPSA) is 0 Å². The van der Waals surface area contributed by atoms with Gasteiger partial charge in [0, 0.05) is 5.02 Å². The van der Waals surface area contributed by atoms with Gasteiger partial charge in [-0.25, -0.2) is 8.78 Å². The normalized spacial score (nSPS) is 12.5. The minimum absolute atomic E-state index is 0.144. The second-order valence-corrected chi connectivity index (χ2v) is 5.38. The molecule has 2 aromatic carbocycles. The average Bonchev–Trinajstić information content (AvgIpc) is 2.36. The maximum Gasteiger partial charge on any atom is 0.160 e. The molecule has 0 saturated heterocycles. The Hall–Kier alpha value is -1.12. The van der Waals surface area contributed by atoms with E-state index in [4.69, 9.17) is 23.2 Å². The molecule has 0 aliphatic carbocycles. The molecular weight excluding hydrogens is 289 g/mol. The molecule has 2 rings (SSSR count). The van der Waals surface area contributed by atoms with Crippen molar-refractivity contribution in [3.05, 3.63) is 69.7 Å². The molecule has 1 unspecified atom stereocenters. The summed E-state index contributed by atoms with van der Waals surface area (Å²) < 4.78 is 26.2. The molecule has 0 aliphatic heterocycles. The SMILES string of the molecule is Cc1ccc(CC(Cl)c2cc(F)c(F)cc2Cl)cc1. The summed E-state index contributed by atoms with van der Waals surface area (Å²) in [5.74, 6) is -1.90. The second-order valence-electron chi connectivity index (χ2n) is 4.45. The van der Waals surface area contributed by atoms with Crippen LogP contribution >= 0.6 is 23.2 Å². The first-order chi connectivity index (χ1) is 8.97. The van der Waals surface area contributed by atoms with Gasteiger partial charge in [-0.1, -0.05) is 41.4 Å². The Bertz CT molecular complexity index is 579. The number of aryl methyl sites for hydroxylation is 1. The molecule has 4 heteroatoms. The van der Waals surface area contributed by atoms with E-state index in [0.717, 1.165) is 23.3 Å². The van der Waals surface area contributed by atoms with Crippen LogP contribution in [0.1, 0.15) is 22.1 Å². The van der Waals surface area contributed by atoms with Crippen LogP contribution in [0, 0.1) is 18.6 Å². The van der Waals surface area contributed by atoms with E-state index in [1.54, 1.807) is 0 Å². The van der Waals surface area contributed by atoms with E-state index in [-0.39, 0.29) is 5.02 Å². The van der Waals surface area contributed by atoms with Crippen LogP contribution in [0.25, 0.3) is 0 Å². The van der Waals surface area contributed by atoms with Crippen LogP contribution in [0.3, 0.4) is 0 Å². The van der Waals surface area contributed by atoms with Gasteiger partial charge in [-0.3, -0.25) is 0 Å². The monoisotopic (exact) mass is 300 g/mol. The first-order valence-corrected chi connectivity index (χ1v) is 6.63. The average molecular weight is 301 g/mol. The molecule has 0 N–H and O–H groups in total. The quantitative estimate of drug-likeness (QED) is 0.522. The summed E-state index contributed by atoms with van der Waals surface area (Å²) in [6.07, 6.45) is 0.507. The first kappa shape index (κ1) is 14.3. The molecule has 0 amide bonds. The predicted molar refractivity (Wildman–Crippen MR) is 74.8 cm³/mol. The fraction of sp³-hybridized carbons (Fsp3) is 0.200. The minimum Gasteiger partial charge on any atom is -0.204 e. The number of halogens is 4. The van der Waals surface area contributed by atoms with Gasteiger partial charge in [-0.2, -0.15) is 0 Å². The van der Waals surface area contributed by atoms with E-state index in [2.05, 4.69) is 0 Å². The van der Waals surface area contributed by atoms with Crippen molar-refractivity contribution >= 4 is 23.2 Å². The molecule has 0 spiro atoms. The Labute approximate surface area is 121 Å². The van der Waals surface area contributed by atoms with Crippen molar-refractivity contribution in [1.82, 2.24) is 0 Å². The number of alkyl halides is 1. The lowest BCUT2D eigenvalue weighted by molar-refractivity contribution is 0.507. The molecule has 0 heterocycles. The molecule has 1 atom stereocenters. The Morgan fingerprint density at radius 2 is 1.63 bits per heavy atom. The van der Waals surface area contributed by atoms with Crippen LogP contribution < -0.4 is 0 Å². The van der Waals surface area contributed by atoms with Gasteiger partial charge in [-0.05, 0) is 36.6 Å². The highest BCUT2D eigenvalue weighted by Gasteiger charge is 2.16. The lowest BCUT2D eigenvalue weighted by atomic mass is 10.0. The van der Waals surface area contributed by atoms with Crippen molar-refractivity contribution in [2.75, 3.05) is 0 Å². The van der Waals surface area contributed by atoms with Crippen molar-refractivity contribution in [1.29, 1.82) is 0 Å². The van der Waals surface area contributed by atoms with Gasteiger partial charge in [0.05, 0.1) is 5.38 Å². The zero-order valence-electron chi connectivity index (χ0n) is 10.3. The maximum atomic E-state index is 13.2. The van der Waals surface area contributed by atoms with Crippen molar-refractivity contribution in [3.63, 3.8) is 0 Å². The van der Waals surface area contributed by atoms with E-state index >= 15 is 0 Å². The smallest absolute Gasteiger partial charge is 0.160 e. The summed E-state index contributed by atoms with van der Waals surface area (Å²) in [7, 11) is 0. The second kappa shape index (κ2) is 5.89. The van der Waals surface area contributed by atoms with E-state index < -0.39 is 17.0 Å². The van der Waals surface area contributed by atoms with Crippen LogP contribution in [-0.2, 0) is 6.42 Å².